The summed E-state index contributed by atoms with van der Waals surface area (Å²) in [6, 6.07) is 16.6. The second kappa shape index (κ2) is 9.60. The minimum atomic E-state index is -0.0858. The molecule has 28 heavy (non-hydrogen) atoms. The Morgan fingerprint density at radius 1 is 1.11 bits per heavy atom. The van der Waals surface area contributed by atoms with Crippen molar-refractivity contribution in [1.82, 2.24) is 10.2 Å². The van der Waals surface area contributed by atoms with Gasteiger partial charge in [0.1, 0.15) is 5.75 Å². The van der Waals surface area contributed by atoms with E-state index in [0.717, 1.165) is 24.4 Å². The van der Waals surface area contributed by atoms with Crippen molar-refractivity contribution in [3.63, 3.8) is 0 Å². The largest absolute Gasteiger partial charge is 0.484 e. The summed E-state index contributed by atoms with van der Waals surface area (Å²) in [6.07, 6.45) is 2.44. The van der Waals surface area contributed by atoms with E-state index in [-0.39, 0.29) is 18.6 Å². The average molecular weight is 382 g/mol. The zero-order chi connectivity index (χ0) is 19.9. The number of carbonyl (C=O) groups excluding carboxylic acids is 1. The summed E-state index contributed by atoms with van der Waals surface area (Å²) in [5.74, 6) is 0.672. The van der Waals surface area contributed by atoms with Gasteiger partial charge in [0.2, 0.25) is 0 Å². The van der Waals surface area contributed by atoms with Gasteiger partial charge in [0, 0.05) is 26.3 Å². The highest BCUT2D eigenvalue weighted by Crippen LogP contribution is 2.26. The molecule has 3 rings (SSSR count). The number of nitrogens with one attached hydrogen (secondary N) is 1. The second-order valence-corrected chi connectivity index (χ2v) is 7.60. The number of para-hydroxylation sites is 1. The first-order valence-corrected chi connectivity index (χ1v) is 10.0. The van der Waals surface area contributed by atoms with E-state index in [1.807, 2.05) is 45.3 Å². The molecule has 0 aromatic heterocycles. The Bertz CT molecular complexity index is 768. The minimum absolute atomic E-state index is 0.0388. The normalized spacial score (nSPS) is 15.2. The summed E-state index contributed by atoms with van der Waals surface area (Å²) in [5.41, 5.74) is 3.46. The summed E-state index contributed by atoms with van der Waals surface area (Å²) in [4.78, 5) is 16.9. The lowest BCUT2D eigenvalue weighted by molar-refractivity contribution is -0.123. The Morgan fingerprint density at radius 2 is 1.79 bits per heavy atom. The fourth-order valence-electron chi connectivity index (χ4n) is 3.63. The van der Waals surface area contributed by atoms with Gasteiger partial charge in [-0.2, -0.15) is 0 Å². The summed E-state index contributed by atoms with van der Waals surface area (Å²) >= 11 is 0. The van der Waals surface area contributed by atoms with E-state index >= 15 is 0 Å². The van der Waals surface area contributed by atoms with Gasteiger partial charge in [0.05, 0.1) is 6.04 Å². The van der Waals surface area contributed by atoms with E-state index in [1.165, 1.54) is 24.1 Å². The molecule has 5 nitrogen and oxygen atoms in total. The molecule has 1 saturated heterocycles. The monoisotopic (exact) mass is 381 g/mol. The van der Waals surface area contributed by atoms with Crippen LogP contribution in [0.15, 0.2) is 48.5 Å². The van der Waals surface area contributed by atoms with Gasteiger partial charge in [-0.3, -0.25) is 9.69 Å². The minimum Gasteiger partial charge on any atom is -0.484 e. The SMILES string of the molecule is Cc1ccccc1OCC(=O)NC[C@@H](c1ccc(N(C)C)cc1)N1CCCC1. The molecule has 1 fully saturated rings. The number of anilines is 1. The molecule has 5 heteroatoms. The molecule has 1 heterocycles. The van der Waals surface area contributed by atoms with Crippen molar-refractivity contribution in [2.45, 2.75) is 25.8 Å². The van der Waals surface area contributed by atoms with E-state index in [0.29, 0.717) is 6.54 Å². The molecular weight excluding hydrogens is 350 g/mol. The molecule has 1 aliphatic rings. The fourth-order valence-corrected chi connectivity index (χ4v) is 3.63. The third-order valence-electron chi connectivity index (χ3n) is 5.32. The molecule has 1 aliphatic heterocycles. The molecule has 0 saturated carbocycles. The van der Waals surface area contributed by atoms with Crippen LogP contribution in [0.5, 0.6) is 5.75 Å². The van der Waals surface area contributed by atoms with Crippen molar-refractivity contribution >= 4 is 11.6 Å². The van der Waals surface area contributed by atoms with Crippen LogP contribution in [0, 0.1) is 6.92 Å². The highest BCUT2D eigenvalue weighted by atomic mass is 16.5. The third kappa shape index (κ3) is 5.26. The van der Waals surface area contributed by atoms with E-state index < -0.39 is 0 Å². The molecule has 0 aliphatic carbocycles. The molecule has 1 amide bonds. The Hall–Kier alpha value is -2.53. The fraction of sp³-hybridized carbons (Fsp3) is 0.435. The number of hydrogen-bond acceptors (Lipinski definition) is 4. The van der Waals surface area contributed by atoms with E-state index in [1.54, 1.807) is 0 Å². The average Bonchev–Trinajstić information content (AvgIpc) is 3.22. The quantitative estimate of drug-likeness (QED) is 0.761. The van der Waals surface area contributed by atoms with Gasteiger partial charge in [-0.15, -0.1) is 0 Å². The molecular formula is C23H31N3O2. The first kappa shape index (κ1) is 20.2. The first-order chi connectivity index (χ1) is 13.5. The van der Waals surface area contributed by atoms with Gasteiger partial charge in [-0.1, -0.05) is 30.3 Å². The zero-order valence-corrected chi connectivity index (χ0v) is 17.1. The molecule has 2 aromatic carbocycles. The maximum atomic E-state index is 12.4. The van der Waals surface area contributed by atoms with Gasteiger partial charge < -0.3 is 15.0 Å². The lowest BCUT2D eigenvalue weighted by Crippen LogP contribution is -2.38. The first-order valence-electron chi connectivity index (χ1n) is 10.0. The van der Waals surface area contributed by atoms with Crippen molar-refractivity contribution < 1.29 is 9.53 Å². The van der Waals surface area contributed by atoms with E-state index in [4.69, 9.17) is 4.74 Å². The van der Waals surface area contributed by atoms with Crippen molar-refractivity contribution in [2.75, 3.05) is 45.2 Å². The van der Waals surface area contributed by atoms with Crippen molar-refractivity contribution in [1.29, 1.82) is 0 Å². The number of likely N-dealkylation sites (tertiary alicyclic amines) is 1. The number of amides is 1. The standard InChI is InChI=1S/C23H31N3O2/c1-18-8-4-5-9-22(18)28-17-23(27)24-16-21(26-14-6-7-15-26)19-10-12-20(13-11-19)25(2)3/h4-5,8-13,21H,6-7,14-17H2,1-3H3,(H,24,27)/t21-/m0/s1. The van der Waals surface area contributed by atoms with Crippen LogP contribution in [-0.2, 0) is 4.79 Å². The van der Waals surface area contributed by atoms with Crippen molar-refractivity contribution in [3.8, 4) is 5.75 Å². The number of ether oxygens (including phenoxy) is 1. The van der Waals surface area contributed by atoms with Gasteiger partial charge >= 0.3 is 0 Å². The van der Waals surface area contributed by atoms with Gasteiger partial charge in [0.15, 0.2) is 6.61 Å². The molecule has 0 radical (unpaired) electrons. The Morgan fingerprint density at radius 3 is 2.43 bits per heavy atom. The summed E-state index contributed by atoms with van der Waals surface area (Å²) < 4.78 is 5.67. The van der Waals surface area contributed by atoms with E-state index in [9.17, 15) is 4.79 Å². The van der Waals surface area contributed by atoms with Gasteiger partial charge in [-0.25, -0.2) is 0 Å². The lowest BCUT2D eigenvalue weighted by atomic mass is 10.0. The number of hydrogen-bond donors (Lipinski definition) is 1. The number of benzene rings is 2. The zero-order valence-electron chi connectivity index (χ0n) is 17.1. The highest BCUT2D eigenvalue weighted by molar-refractivity contribution is 5.77. The summed E-state index contributed by atoms with van der Waals surface area (Å²) in [6.45, 7) is 4.77. The van der Waals surface area contributed by atoms with Crippen LogP contribution < -0.4 is 15.0 Å². The molecule has 1 N–H and O–H groups in total. The van der Waals surface area contributed by atoms with Crippen molar-refractivity contribution in [2.24, 2.45) is 0 Å². The van der Waals surface area contributed by atoms with E-state index in [2.05, 4.69) is 39.4 Å². The second-order valence-electron chi connectivity index (χ2n) is 7.60. The summed E-state index contributed by atoms with van der Waals surface area (Å²) in [7, 11) is 4.09. The number of carbonyl (C=O) groups is 1. The Labute approximate surface area is 168 Å². The van der Waals surface area contributed by atoms with Crippen LogP contribution in [0.1, 0.15) is 30.0 Å². The van der Waals surface area contributed by atoms with Crippen LogP contribution in [0.2, 0.25) is 0 Å². The number of rotatable bonds is 8. The van der Waals surface area contributed by atoms with Crippen LogP contribution in [-0.4, -0.2) is 51.1 Å². The molecule has 1 atom stereocenters. The topological polar surface area (TPSA) is 44.8 Å². The number of aryl methyl sites for hydroxylation is 1. The number of nitrogens with zero attached hydrogens (tertiary/aromatic N) is 2. The van der Waals surface area contributed by atoms with Gasteiger partial charge in [-0.05, 0) is 62.2 Å². The molecule has 0 bridgehead atoms. The molecule has 150 valence electrons. The lowest BCUT2D eigenvalue weighted by Gasteiger charge is -2.28. The smallest absolute Gasteiger partial charge is 0.258 e. The van der Waals surface area contributed by atoms with Crippen LogP contribution >= 0.6 is 0 Å². The Balaban J connectivity index is 1.60. The van der Waals surface area contributed by atoms with Gasteiger partial charge in [0.25, 0.3) is 5.91 Å². The molecule has 0 unspecified atom stereocenters. The predicted molar refractivity (Wildman–Crippen MR) is 114 cm³/mol. The van der Waals surface area contributed by atoms with Crippen LogP contribution in [0.3, 0.4) is 0 Å². The van der Waals surface area contributed by atoms with Crippen molar-refractivity contribution in [3.05, 3.63) is 59.7 Å². The van der Waals surface area contributed by atoms with Crippen LogP contribution in [0.4, 0.5) is 5.69 Å². The highest BCUT2D eigenvalue weighted by Gasteiger charge is 2.24. The van der Waals surface area contributed by atoms with Crippen LogP contribution in [0.25, 0.3) is 0 Å². The summed E-state index contributed by atoms with van der Waals surface area (Å²) in [5, 5.41) is 3.07. The predicted octanol–water partition coefficient (Wildman–Crippen LogP) is 3.39. The maximum Gasteiger partial charge on any atom is 0.258 e. The third-order valence-corrected chi connectivity index (χ3v) is 5.32. The molecule has 2 aromatic rings. The molecule has 0 spiro atoms. The maximum absolute atomic E-state index is 12.4. The Kier molecular flexibility index (Phi) is 6.93.